The number of halogens is 1. The zero-order valence-electron chi connectivity index (χ0n) is 62.0. The molecule has 14 aromatic carbocycles. The minimum absolute atomic E-state index is 0.434. The summed E-state index contributed by atoms with van der Waals surface area (Å²) in [6.45, 7) is 8.14. The van der Waals surface area contributed by atoms with E-state index in [0.717, 1.165) is 116 Å². The smallest absolute Gasteiger partial charge is 0.397 e. The predicted octanol–water partition coefficient (Wildman–Crippen LogP) is 25.0. The molecular weight excluding hydrogens is 1440 g/mol. The second kappa shape index (κ2) is 28.9. The zero-order chi connectivity index (χ0) is 75.4. The first-order chi connectivity index (χ1) is 54.9. The molecule has 0 saturated carbocycles. The van der Waals surface area contributed by atoms with Gasteiger partial charge >= 0.3 is 7.12 Å². The molecule has 0 N–H and O–H groups in total. The van der Waals surface area contributed by atoms with Crippen LogP contribution in [0.3, 0.4) is 0 Å². The molecule has 1 fully saturated rings. The number of hydrogen-bond acceptors (Lipinski definition) is 8. The molecule has 0 aliphatic carbocycles. The number of benzene rings is 14. The normalized spacial score (nSPS) is 13.1. The van der Waals surface area contributed by atoms with Crippen molar-refractivity contribution in [3.8, 4) is 90.3 Å². The summed E-state index contributed by atoms with van der Waals surface area (Å²) in [5, 5.41) is 12.0. The molecule has 20 aromatic rings. The predicted molar refractivity (Wildman–Crippen MR) is 466 cm³/mol. The standard InChI is InChI=1S/C47H30N4.C31H19BrN2.C22H23BN2O2/c1-4-14-31(15-5-1)40-30-41(32-16-6-2-7-17-32)50-47(49-40)34-26-24-33(25-27-34)46-45-37(36-20-10-12-22-39(36)48-46)28-29-43-44(45)38-21-11-13-23-42(38)51(43)35-18-8-3-9-19-35;32-21-16-14-20(15-17-21)31-30-24(23-10-4-6-12-26(23)33-31)18-19-28-29(30)25-11-5-7-13-27(25)34(28)22-8-2-1-3-9-22;1-21(2)22(3,4)27-23(26-21)20-24-18(16-11-7-5-8-12-16)15-19(25-20)17-13-9-6-10-14-17/h1-30H;1-19H;5-15H,1-4H3. The first-order valence-corrected chi connectivity index (χ1v) is 38.6. The molecule has 0 amide bonds. The van der Waals surface area contributed by atoms with Crippen LogP contribution in [-0.4, -0.2) is 57.4 Å². The number of para-hydroxylation sites is 6. The van der Waals surface area contributed by atoms with Crippen LogP contribution in [0.25, 0.3) is 177 Å². The average Bonchev–Trinajstić information content (AvgIpc) is 1.53. The molecule has 7 heterocycles. The van der Waals surface area contributed by atoms with E-state index in [-0.39, 0.29) is 0 Å². The van der Waals surface area contributed by atoms with Gasteiger partial charge in [0.15, 0.2) is 11.5 Å². The Morgan fingerprint density at radius 1 is 0.268 bits per heavy atom. The van der Waals surface area contributed by atoms with Crippen LogP contribution >= 0.6 is 15.9 Å². The second-order valence-electron chi connectivity index (χ2n) is 29.2. The molecule has 112 heavy (non-hydrogen) atoms. The van der Waals surface area contributed by atoms with Gasteiger partial charge in [-0.15, -0.1) is 0 Å². The first kappa shape index (κ1) is 69.1. The van der Waals surface area contributed by atoms with Gasteiger partial charge in [0.2, 0.25) is 0 Å². The summed E-state index contributed by atoms with van der Waals surface area (Å²) >= 11 is 3.59. The minimum atomic E-state index is -0.596. The molecule has 1 aliphatic rings. The summed E-state index contributed by atoms with van der Waals surface area (Å²) in [7, 11) is -0.596. The molecule has 6 aromatic heterocycles. The molecular formula is C100H72BBrN8O2. The highest BCUT2D eigenvalue weighted by Gasteiger charge is 2.53. The fourth-order valence-electron chi connectivity index (χ4n) is 15.6. The third kappa shape index (κ3) is 12.7. The number of nitrogens with zero attached hydrogens (tertiary/aromatic N) is 8. The minimum Gasteiger partial charge on any atom is -0.397 e. The maximum atomic E-state index is 6.18. The largest absolute Gasteiger partial charge is 0.534 e. The van der Waals surface area contributed by atoms with Gasteiger partial charge < -0.3 is 18.4 Å². The van der Waals surface area contributed by atoms with E-state index in [4.69, 9.17) is 39.2 Å². The highest BCUT2D eigenvalue weighted by Crippen LogP contribution is 2.46. The summed E-state index contributed by atoms with van der Waals surface area (Å²) in [5.41, 5.74) is 21.4. The van der Waals surface area contributed by atoms with Gasteiger partial charge in [-0.25, -0.2) is 29.9 Å². The highest BCUT2D eigenvalue weighted by atomic mass is 79.9. The van der Waals surface area contributed by atoms with Gasteiger partial charge in [0.05, 0.1) is 78.5 Å². The summed E-state index contributed by atoms with van der Waals surface area (Å²) in [5.74, 6) is 0.686. The summed E-state index contributed by atoms with van der Waals surface area (Å²) in [6.07, 6.45) is 0. The van der Waals surface area contributed by atoms with Crippen LogP contribution < -0.4 is 5.72 Å². The third-order valence-electron chi connectivity index (χ3n) is 21.8. The van der Waals surface area contributed by atoms with Crippen LogP contribution in [-0.2, 0) is 9.31 Å². The Labute approximate surface area is 657 Å². The molecule has 12 heteroatoms. The summed E-state index contributed by atoms with van der Waals surface area (Å²) in [4.78, 5) is 30.3. The molecule has 21 rings (SSSR count). The Kier molecular flexibility index (Phi) is 17.8. The van der Waals surface area contributed by atoms with Crippen LogP contribution in [0.4, 0.5) is 0 Å². The zero-order valence-corrected chi connectivity index (χ0v) is 63.6. The molecule has 1 aliphatic heterocycles. The van der Waals surface area contributed by atoms with Gasteiger partial charge in [0, 0.05) is 97.9 Å². The Morgan fingerprint density at radius 3 is 0.982 bits per heavy atom. The summed E-state index contributed by atoms with van der Waals surface area (Å²) in [6, 6.07) is 127. The topological polar surface area (TPSA) is 106 Å². The van der Waals surface area contributed by atoms with Crippen LogP contribution in [0.1, 0.15) is 27.7 Å². The van der Waals surface area contributed by atoms with E-state index in [0.29, 0.717) is 11.5 Å². The van der Waals surface area contributed by atoms with E-state index in [9.17, 15) is 0 Å². The number of pyridine rings is 2. The van der Waals surface area contributed by atoms with Crippen molar-refractivity contribution in [2.45, 2.75) is 38.9 Å². The van der Waals surface area contributed by atoms with Crippen LogP contribution in [0, 0.1) is 0 Å². The summed E-state index contributed by atoms with van der Waals surface area (Å²) < 4.78 is 18.2. The number of hydrogen-bond donors (Lipinski definition) is 0. The van der Waals surface area contributed by atoms with Gasteiger partial charge in [-0.2, -0.15) is 0 Å². The lowest BCUT2D eigenvalue weighted by Crippen LogP contribution is -2.41. The lowest BCUT2D eigenvalue weighted by atomic mass is 9.88. The van der Waals surface area contributed by atoms with Crippen LogP contribution in [0.15, 0.2) is 368 Å². The Bertz CT molecular complexity index is 6800. The van der Waals surface area contributed by atoms with Crippen molar-refractivity contribution in [1.29, 1.82) is 0 Å². The molecule has 0 spiro atoms. The van der Waals surface area contributed by atoms with E-state index in [1.165, 1.54) is 59.6 Å². The van der Waals surface area contributed by atoms with Crippen molar-refractivity contribution < 1.29 is 9.31 Å². The Balaban J connectivity index is 0.000000120. The van der Waals surface area contributed by atoms with Gasteiger partial charge in [0.1, 0.15) is 0 Å². The van der Waals surface area contributed by atoms with E-state index in [2.05, 4.69) is 286 Å². The van der Waals surface area contributed by atoms with Crippen molar-refractivity contribution >= 4 is 116 Å². The molecule has 1 saturated heterocycles. The SMILES string of the molecule is Brc1ccc(-c2nc3ccccc3c3ccc4c(c5ccccc5n4-c4ccccc4)c23)cc1.CC1(C)OB(c2nc(-c3ccccc3)cc(-c3ccccc3)n2)OC1(C)C.c1ccc(-c2cc(-c3ccccc3)nc(-c3ccc(-c4nc5ccccc5c5ccc6c(c7ccccc7n6-c6ccccc6)c45)cc3)n2)cc1. The molecule has 534 valence electrons. The Hall–Kier alpha value is -13.4. The molecule has 10 nitrogen and oxygen atoms in total. The van der Waals surface area contributed by atoms with Gasteiger partial charge in [0.25, 0.3) is 0 Å². The molecule has 0 unspecified atom stereocenters. The van der Waals surface area contributed by atoms with Gasteiger partial charge in [-0.1, -0.05) is 295 Å². The molecule has 0 atom stereocenters. The fourth-order valence-corrected chi connectivity index (χ4v) is 15.9. The number of aromatic nitrogens is 8. The van der Waals surface area contributed by atoms with Crippen molar-refractivity contribution in [2.24, 2.45) is 0 Å². The second-order valence-corrected chi connectivity index (χ2v) is 30.1. The van der Waals surface area contributed by atoms with Crippen LogP contribution in [0.5, 0.6) is 0 Å². The van der Waals surface area contributed by atoms with E-state index < -0.39 is 18.3 Å². The maximum absolute atomic E-state index is 6.18. The quantitative estimate of drug-likeness (QED) is 0.0985. The van der Waals surface area contributed by atoms with Crippen molar-refractivity contribution in [3.05, 3.63) is 368 Å². The van der Waals surface area contributed by atoms with E-state index >= 15 is 0 Å². The van der Waals surface area contributed by atoms with E-state index in [1.807, 2.05) is 131 Å². The van der Waals surface area contributed by atoms with Crippen LogP contribution in [0.2, 0.25) is 0 Å². The molecule has 0 bridgehead atoms. The fraction of sp³-hybridized carbons (Fsp3) is 0.0600. The first-order valence-electron chi connectivity index (χ1n) is 37.8. The number of fused-ring (bicyclic) bond motifs is 14. The third-order valence-corrected chi connectivity index (χ3v) is 22.3. The average molecular weight is 1510 g/mol. The lowest BCUT2D eigenvalue weighted by molar-refractivity contribution is 0.00578. The Morgan fingerprint density at radius 2 is 0.589 bits per heavy atom. The van der Waals surface area contributed by atoms with Crippen molar-refractivity contribution in [3.63, 3.8) is 0 Å². The molecule has 0 radical (unpaired) electrons. The van der Waals surface area contributed by atoms with E-state index in [1.54, 1.807) is 0 Å². The highest BCUT2D eigenvalue weighted by molar-refractivity contribution is 9.10. The number of rotatable bonds is 10. The monoisotopic (exact) mass is 1510 g/mol. The van der Waals surface area contributed by atoms with Crippen molar-refractivity contribution in [1.82, 2.24) is 39.0 Å². The lowest BCUT2D eigenvalue weighted by Gasteiger charge is -2.32. The van der Waals surface area contributed by atoms with Gasteiger partial charge in [-0.05, 0) is 123 Å². The van der Waals surface area contributed by atoms with Gasteiger partial charge in [-0.3, -0.25) is 0 Å². The van der Waals surface area contributed by atoms with Crippen molar-refractivity contribution in [2.75, 3.05) is 0 Å². The maximum Gasteiger partial charge on any atom is 0.534 e.